The summed E-state index contributed by atoms with van der Waals surface area (Å²) in [6, 6.07) is 80.8. The van der Waals surface area contributed by atoms with Crippen LogP contribution in [0.25, 0.3) is 104 Å². The van der Waals surface area contributed by atoms with Gasteiger partial charge in [0.1, 0.15) is 22.3 Å². The molecule has 0 saturated heterocycles. The van der Waals surface area contributed by atoms with Crippen LogP contribution >= 0.6 is 0 Å². The second-order valence-corrected chi connectivity index (χ2v) is 18.1. The molecule has 15 aromatic rings. The molecule has 70 heavy (non-hydrogen) atoms. The summed E-state index contributed by atoms with van der Waals surface area (Å²) < 4.78 is 15.3. The number of allylic oxidation sites excluding steroid dienone is 1. The van der Waals surface area contributed by atoms with E-state index in [1.807, 2.05) is 31.2 Å². The Morgan fingerprint density at radius 1 is 0.357 bits per heavy atom. The van der Waals surface area contributed by atoms with Gasteiger partial charge in [-0.15, -0.1) is 6.58 Å². The fraction of sp³-hybridized carbons (Fsp3) is 0.0154. The summed E-state index contributed by atoms with van der Waals surface area (Å²) in [7, 11) is 0. The van der Waals surface area contributed by atoms with E-state index in [4.69, 9.17) is 8.83 Å². The van der Waals surface area contributed by atoms with Gasteiger partial charge in [-0.1, -0.05) is 121 Å². The molecule has 5 nitrogen and oxygen atoms in total. The standard InChI is InChI=1S/C62H37N3O2.C3H6/c1-3-14-42(15-4-1)63(52-22-12-26-58-60(52)48-18-7-9-24-56(48)66-58)44-30-28-38-34-50-46-20-11-21-47-51-35-39-29-31-45(33-41(39)37-55(51)65(62(46)47)54(50)36-40(38)32-44)64(43-16-5-2-6-17-43)53-23-13-27-59-61(53)49-19-8-10-25-57(49)67-59;1-3-2/h1-37H;3H,1H2,2H3. The average Bonchev–Trinajstić information content (AvgIpc) is 4.16. The number of aromatic nitrogens is 1. The zero-order valence-corrected chi connectivity index (χ0v) is 38.3. The van der Waals surface area contributed by atoms with Crippen molar-refractivity contribution in [3.63, 3.8) is 0 Å². The van der Waals surface area contributed by atoms with Crippen LogP contribution in [0.15, 0.2) is 246 Å². The average molecular weight is 898 g/mol. The smallest absolute Gasteiger partial charge is 0.137 e. The zero-order chi connectivity index (χ0) is 46.5. The van der Waals surface area contributed by atoms with Crippen LogP contribution in [-0.4, -0.2) is 4.40 Å². The summed E-state index contributed by atoms with van der Waals surface area (Å²) in [5.74, 6) is 0. The van der Waals surface area contributed by atoms with Gasteiger partial charge in [0, 0.05) is 55.1 Å². The molecule has 0 N–H and O–H groups in total. The number of anilines is 6. The number of fused-ring (bicyclic) bond motifs is 14. The molecular formula is C65H43N3O2. The summed E-state index contributed by atoms with van der Waals surface area (Å²) in [6.45, 7) is 5.25. The number of rotatable bonds is 6. The Morgan fingerprint density at radius 2 is 0.757 bits per heavy atom. The van der Waals surface area contributed by atoms with Crippen LogP contribution in [0.3, 0.4) is 0 Å². The maximum atomic E-state index is 6.40. The lowest BCUT2D eigenvalue weighted by atomic mass is 10.0. The van der Waals surface area contributed by atoms with E-state index in [1.54, 1.807) is 6.08 Å². The predicted molar refractivity (Wildman–Crippen MR) is 296 cm³/mol. The number of furan rings is 2. The van der Waals surface area contributed by atoms with E-state index in [0.717, 1.165) is 78.0 Å². The molecule has 0 aliphatic carbocycles. The summed E-state index contributed by atoms with van der Waals surface area (Å²) in [5, 5.41) is 14.2. The Labute approximate surface area is 402 Å². The fourth-order valence-corrected chi connectivity index (χ4v) is 11.1. The summed E-state index contributed by atoms with van der Waals surface area (Å²) in [5.41, 5.74) is 13.6. The van der Waals surface area contributed by atoms with Crippen molar-refractivity contribution in [1.29, 1.82) is 0 Å². The van der Waals surface area contributed by atoms with E-state index in [2.05, 4.69) is 221 Å². The Balaban J connectivity index is 0.00000150. The van der Waals surface area contributed by atoms with Gasteiger partial charge in [0.05, 0.1) is 38.7 Å². The number of hydrogen-bond acceptors (Lipinski definition) is 4. The van der Waals surface area contributed by atoms with Crippen molar-refractivity contribution in [3.8, 4) is 0 Å². The first-order valence-corrected chi connectivity index (χ1v) is 23.8. The lowest BCUT2D eigenvalue weighted by Crippen LogP contribution is -2.10. The molecule has 11 aromatic carbocycles. The van der Waals surface area contributed by atoms with Crippen LogP contribution in [0, 0.1) is 0 Å². The van der Waals surface area contributed by atoms with Gasteiger partial charge in [0.2, 0.25) is 0 Å². The van der Waals surface area contributed by atoms with Crippen LogP contribution in [0.1, 0.15) is 6.92 Å². The number of hydrogen-bond donors (Lipinski definition) is 0. The van der Waals surface area contributed by atoms with Crippen molar-refractivity contribution < 1.29 is 8.83 Å². The first kappa shape index (κ1) is 39.8. The molecule has 0 bridgehead atoms. The Bertz CT molecular complexity index is 4240. The van der Waals surface area contributed by atoms with E-state index in [9.17, 15) is 0 Å². The normalized spacial score (nSPS) is 11.8. The van der Waals surface area contributed by atoms with Gasteiger partial charge in [-0.05, 0) is 138 Å². The van der Waals surface area contributed by atoms with Crippen LogP contribution < -0.4 is 9.80 Å². The molecule has 5 heteroatoms. The molecule has 15 rings (SSSR count). The van der Waals surface area contributed by atoms with E-state index < -0.39 is 0 Å². The van der Waals surface area contributed by atoms with Gasteiger partial charge in [-0.25, -0.2) is 0 Å². The Morgan fingerprint density at radius 3 is 1.23 bits per heavy atom. The van der Waals surface area contributed by atoms with Gasteiger partial charge in [0.25, 0.3) is 0 Å². The molecule has 0 amide bonds. The van der Waals surface area contributed by atoms with Crippen LogP contribution in [-0.2, 0) is 0 Å². The van der Waals surface area contributed by atoms with E-state index >= 15 is 0 Å². The van der Waals surface area contributed by atoms with Crippen molar-refractivity contribution in [1.82, 2.24) is 4.40 Å². The SMILES string of the molecule is C=CC.c1ccc(N(c2ccc3cc4c5cccc6c7cc8ccc(N(c9ccccc9)c9cccc%10oc%11ccccc%11c9%10)cc8cc7n(c4cc3c2)c56)c2cccc3oc4ccccc4c23)cc1. The van der Waals surface area contributed by atoms with Crippen molar-refractivity contribution in [2.75, 3.05) is 9.80 Å². The number of benzene rings is 11. The minimum atomic E-state index is 0.871. The van der Waals surface area contributed by atoms with Gasteiger partial charge in [0.15, 0.2) is 0 Å². The van der Waals surface area contributed by atoms with E-state index in [-0.39, 0.29) is 0 Å². The van der Waals surface area contributed by atoms with Gasteiger partial charge in [-0.2, -0.15) is 0 Å². The molecule has 4 aromatic heterocycles. The van der Waals surface area contributed by atoms with Gasteiger partial charge in [-0.3, -0.25) is 0 Å². The van der Waals surface area contributed by atoms with Gasteiger partial charge >= 0.3 is 0 Å². The molecule has 0 saturated carbocycles. The summed E-state index contributed by atoms with van der Waals surface area (Å²) >= 11 is 0. The maximum Gasteiger partial charge on any atom is 0.137 e. The second-order valence-electron chi connectivity index (χ2n) is 18.1. The third kappa shape index (κ3) is 5.98. The maximum absolute atomic E-state index is 6.40. The van der Waals surface area contributed by atoms with Crippen molar-refractivity contribution in [2.24, 2.45) is 0 Å². The Kier molecular flexibility index (Phi) is 8.89. The third-order valence-corrected chi connectivity index (χ3v) is 14.0. The van der Waals surface area contributed by atoms with Gasteiger partial charge < -0.3 is 23.0 Å². The van der Waals surface area contributed by atoms with Crippen LogP contribution in [0.5, 0.6) is 0 Å². The van der Waals surface area contributed by atoms with Crippen molar-refractivity contribution in [2.45, 2.75) is 6.92 Å². The number of para-hydroxylation sites is 5. The molecule has 4 heterocycles. The largest absolute Gasteiger partial charge is 0.456 e. The van der Waals surface area contributed by atoms with E-state index in [0.29, 0.717) is 0 Å². The first-order chi connectivity index (χ1) is 34.6. The van der Waals surface area contributed by atoms with Crippen LogP contribution in [0.4, 0.5) is 34.1 Å². The highest BCUT2D eigenvalue weighted by atomic mass is 16.3. The topological polar surface area (TPSA) is 37.2 Å². The molecule has 0 unspecified atom stereocenters. The van der Waals surface area contributed by atoms with Crippen LogP contribution in [0.2, 0.25) is 0 Å². The molecule has 0 atom stereocenters. The minimum absolute atomic E-state index is 0.871. The predicted octanol–water partition coefficient (Wildman–Crippen LogP) is 19.1. The first-order valence-electron chi connectivity index (χ1n) is 23.8. The lowest BCUT2D eigenvalue weighted by Gasteiger charge is -2.26. The summed E-state index contributed by atoms with van der Waals surface area (Å²) in [4.78, 5) is 4.74. The highest BCUT2D eigenvalue weighted by Gasteiger charge is 2.23. The molecule has 0 fully saturated rings. The highest BCUT2D eigenvalue weighted by Crippen LogP contribution is 2.47. The Hall–Kier alpha value is -9.32. The van der Waals surface area contributed by atoms with Crippen molar-refractivity contribution in [3.05, 3.63) is 237 Å². The molecular weight excluding hydrogens is 855 g/mol. The van der Waals surface area contributed by atoms with Crippen molar-refractivity contribution >= 4 is 138 Å². The third-order valence-electron chi connectivity index (χ3n) is 14.0. The lowest BCUT2D eigenvalue weighted by molar-refractivity contribution is 0.668. The quantitative estimate of drug-likeness (QED) is 0.156. The molecule has 0 aliphatic heterocycles. The highest BCUT2D eigenvalue weighted by molar-refractivity contribution is 6.26. The summed E-state index contributed by atoms with van der Waals surface area (Å²) in [6.07, 6.45) is 1.75. The molecule has 0 spiro atoms. The molecule has 330 valence electrons. The zero-order valence-electron chi connectivity index (χ0n) is 38.3. The minimum Gasteiger partial charge on any atom is -0.456 e. The monoisotopic (exact) mass is 897 g/mol. The second kappa shape index (κ2) is 15.6. The number of nitrogens with zero attached hydrogens (tertiary/aromatic N) is 3. The van der Waals surface area contributed by atoms with E-state index in [1.165, 1.54) is 59.6 Å². The molecule has 0 radical (unpaired) electrons. The fourth-order valence-electron chi connectivity index (χ4n) is 11.1. The molecule has 0 aliphatic rings.